The van der Waals surface area contributed by atoms with Crippen LogP contribution in [0.2, 0.25) is 0 Å². The molecule has 1 amide bonds. The molecule has 1 saturated carbocycles. The molecule has 156 valence electrons. The van der Waals surface area contributed by atoms with E-state index in [1.165, 1.54) is 13.0 Å². The molecule has 1 atom stereocenters. The summed E-state index contributed by atoms with van der Waals surface area (Å²) in [4.78, 5) is 24.6. The quantitative estimate of drug-likeness (QED) is 0.437. The van der Waals surface area contributed by atoms with E-state index in [9.17, 15) is 23.6 Å². The minimum atomic E-state index is -1.37. The van der Waals surface area contributed by atoms with Gasteiger partial charge in [-0.25, -0.2) is 13.6 Å². The van der Waals surface area contributed by atoms with E-state index in [1.54, 1.807) is 6.07 Å². The number of hydrogen-bond donors (Lipinski definition) is 1. The maximum atomic E-state index is 13.7. The lowest BCUT2D eigenvalue weighted by molar-refractivity contribution is -0.148. The Morgan fingerprint density at radius 2 is 1.93 bits per heavy atom. The van der Waals surface area contributed by atoms with Gasteiger partial charge >= 0.3 is 5.97 Å². The van der Waals surface area contributed by atoms with Crippen molar-refractivity contribution in [3.8, 4) is 6.07 Å². The predicted octanol–water partition coefficient (Wildman–Crippen LogP) is 4.20. The van der Waals surface area contributed by atoms with Crippen LogP contribution in [-0.2, 0) is 14.3 Å². The average Bonchev–Trinajstić information content (AvgIpc) is 3.48. The third kappa shape index (κ3) is 4.40. The summed E-state index contributed by atoms with van der Waals surface area (Å²) in [5.41, 5.74) is 1.79. The number of nitriles is 1. The van der Waals surface area contributed by atoms with E-state index < -0.39 is 35.3 Å². The van der Waals surface area contributed by atoms with E-state index in [1.807, 2.05) is 19.9 Å². The van der Waals surface area contributed by atoms with Crippen LogP contribution in [0.25, 0.3) is 6.08 Å². The lowest BCUT2D eigenvalue weighted by Crippen LogP contribution is -2.31. The first-order chi connectivity index (χ1) is 14.2. The van der Waals surface area contributed by atoms with Crippen LogP contribution in [0.3, 0.4) is 0 Å². The molecule has 6 nitrogen and oxygen atoms in total. The molecule has 1 aromatic carbocycles. The number of nitrogens with one attached hydrogen (secondary N) is 1. The molecule has 0 bridgehead atoms. The number of benzene rings is 1. The van der Waals surface area contributed by atoms with Crippen molar-refractivity contribution in [1.82, 2.24) is 4.57 Å². The zero-order chi connectivity index (χ0) is 22.0. The third-order valence-electron chi connectivity index (χ3n) is 4.94. The number of halogens is 2. The van der Waals surface area contributed by atoms with Gasteiger partial charge in [-0.2, -0.15) is 5.26 Å². The molecule has 0 radical (unpaired) electrons. The second-order valence-electron chi connectivity index (χ2n) is 7.23. The van der Waals surface area contributed by atoms with E-state index in [4.69, 9.17) is 4.74 Å². The van der Waals surface area contributed by atoms with E-state index in [0.717, 1.165) is 48.0 Å². The zero-order valence-corrected chi connectivity index (χ0v) is 16.8. The van der Waals surface area contributed by atoms with Crippen LogP contribution in [0.15, 0.2) is 29.8 Å². The summed E-state index contributed by atoms with van der Waals surface area (Å²) in [6.45, 7) is 5.12. The maximum Gasteiger partial charge on any atom is 0.349 e. The number of hydrogen-bond acceptors (Lipinski definition) is 4. The van der Waals surface area contributed by atoms with Crippen LogP contribution >= 0.6 is 0 Å². The van der Waals surface area contributed by atoms with Gasteiger partial charge in [0.15, 0.2) is 6.10 Å². The molecule has 3 rings (SSSR count). The first kappa shape index (κ1) is 21.2. The first-order valence-corrected chi connectivity index (χ1v) is 9.49. The normalized spacial score (nSPS) is 14.7. The Morgan fingerprint density at radius 1 is 1.30 bits per heavy atom. The predicted molar refractivity (Wildman–Crippen MR) is 106 cm³/mol. The van der Waals surface area contributed by atoms with E-state index >= 15 is 0 Å². The minimum absolute atomic E-state index is 0.275. The number of carbonyl (C=O) groups is 2. The molecule has 1 fully saturated rings. The van der Waals surface area contributed by atoms with Gasteiger partial charge in [-0.15, -0.1) is 0 Å². The molecule has 8 heteroatoms. The highest BCUT2D eigenvalue weighted by molar-refractivity contribution is 6.01. The van der Waals surface area contributed by atoms with Gasteiger partial charge in [-0.1, -0.05) is 6.07 Å². The maximum absolute atomic E-state index is 13.7. The monoisotopic (exact) mass is 413 g/mol. The summed E-state index contributed by atoms with van der Waals surface area (Å²) in [5.74, 6) is -3.82. The fraction of sp³-hybridized carbons (Fsp3) is 0.318. The Balaban J connectivity index is 1.72. The van der Waals surface area contributed by atoms with Gasteiger partial charge in [0.2, 0.25) is 0 Å². The number of amides is 1. The fourth-order valence-corrected chi connectivity index (χ4v) is 3.26. The Morgan fingerprint density at radius 3 is 2.50 bits per heavy atom. The Labute approximate surface area is 172 Å². The number of rotatable bonds is 6. The van der Waals surface area contributed by atoms with Gasteiger partial charge in [-0.05, 0) is 63.5 Å². The largest absolute Gasteiger partial charge is 0.448 e. The van der Waals surface area contributed by atoms with Crippen molar-refractivity contribution in [2.24, 2.45) is 0 Å². The molecule has 1 aliphatic rings. The summed E-state index contributed by atoms with van der Waals surface area (Å²) in [6, 6.07) is 7.27. The summed E-state index contributed by atoms with van der Waals surface area (Å²) in [6.07, 6.45) is 2.25. The highest BCUT2D eigenvalue weighted by atomic mass is 19.1. The van der Waals surface area contributed by atoms with Gasteiger partial charge in [0, 0.05) is 17.4 Å². The third-order valence-corrected chi connectivity index (χ3v) is 4.94. The molecular formula is C22H21F2N3O3. The van der Waals surface area contributed by atoms with Crippen molar-refractivity contribution in [1.29, 1.82) is 5.26 Å². The number of para-hydroxylation sites is 1. The molecule has 1 N–H and O–H groups in total. The van der Waals surface area contributed by atoms with Crippen LogP contribution in [0.4, 0.5) is 14.5 Å². The molecule has 2 aromatic rings. The fourth-order valence-electron chi connectivity index (χ4n) is 3.26. The molecule has 0 aliphatic heterocycles. The van der Waals surface area contributed by atoms with Crippen molar-refractivity contribution in [2.75, 3.05) is 5.32 Å². The SMILES string of the molecule is Cc1cc(/C=C(\C#N)C(=O)O[C@@H](C)C(=O)Nc2c(F)cccc2F)c(C)n1C1CC1. The summed E-state index contributed by atoms with van der Waals surface area (Å²) >= 11 is 0. The molecule has 0 unspecified atom stereocenters. The lowest BCUT2D eigenvalue weighted by Gasteiger charge is -2.14. The Hall–Kier alpha value is -3.47. The standard InChI is InChI=1S/C22H21F2N3O3/c1-12-9-15(13(2)27(12)17-7-8-17)10-16(11-25)22(29)30-14(3)21(28)26-20-18(23)5-4-6-19(20)24/h4-6,9-10,14,17H,7-8H2,1-3H3,(H,26,28)/b16-10+/t14-/m0/s1. The van der Waals surface area contributed by atoms with E-state index in [2.05, 4.69) is 9.88 Å². The summed E-state index contributed by atoms with van der Waals surface area (Å²) in [7, 11) is 0. The molecule has 1 heterocycles. The van der Waals surface area contributed by atoms with Crippen molar-refractivity contribution >= 4 is 23.6 Å². The van der Waals surface area contributed by atoms with Gasteiger partial charge in [-0.3, -0.25) is 4.79 Å². The molecule has 30 heavy (non-hydrogen) atoms. The van der Waals surface area contributed by atoms with Gasteiger partial charge in [0.05, 0.1) is 0 Å². The highest BCUT2D eigenvalue weighted by Crippen LogP contribution is 2.38. The highest BCUT2D eigenvalue weighted by Gasteiger charge is 2.27. The second kappa shape index (κ2) is 8.49. The molecular weight excluding hydrogens is 392 g/mol. The van der Waals surface area contributed by atoms with Gasteiger partial charge in [0.25, 0.3) is 5.91 Å². The summed E-state index contributed by atoms with van der Waals surface area (Å²) in [5, 5.41) is 11.4. The van der Waals surface area contributed by atoms with E-state index in [0.29, 0.717) is 6.04 Å². The van der Waals surface area contributed by atoms with Crippen molar-refractivity contribution < 1.29 is 23.1 Å². The molecule has 0 saturated heterocycles. The van der Waals surface area contributed by atoms with Crippen molar-refractivity contribution in [2.45, 2.75) is 45.8 Å². The van der Waals surface area contributed by atoms with Crippen LogP contribution in [-0.4, -0.2) is 22.5 Å². The molecule has 1 aromatic heterocycles. The van der Waals surface area contributed by atoms with Crippen molar-refractivity contribution in [3.63, 3.8) is 0 Å². The van der Waals surface area contributed by atoms with Gasteiger partial charge in [0.1, 0.15) is 29.0 Å². The minimum Gasteiger partial charge on any atom is -0.448 e. The number of esters is 1. The van der Waals surface area contributed by atoms with Crippen molar-refractivity contribution in [3.05, 3.63) is 58.4 Å². The summed E-state index contributed by atoms with van der Waals surface area (Å²) < 4.78 is 34.6. The molecule has 0 spiro atoms. The number of aromatic nitrogens is 1. The van der Waals surface area contributed by atoms with Crippen LogP contribution in [0.5, 0.6) is 0 Å². The zero-order valence-electron chi connectivity index (χ0n) is 16.8. The van der Waals surface area contributed by atoms with Crippen LogP contribution < -0.4 is 5.32 Å². The number of aryl methyl sites for hydroxylation is 1. The number of anilines is 1. The Bertz CT molecular complexity index is 1060. The first-order valence-electron chi connectivity index (χ1n) is 9.49. The average molecular weight is 413 g/mol. The van der Waals surface area contributed by atoms with E-state index in [-0.39, 0.29) is 5.57 Å². The Kier molecular flexibility index (Phi) is 6.01. The van der Waals surface area contributed by atoms with Crippen LogP contribution in [0, 0.1) is 36.8 Å². The molecule has 1 aliphatic carbocycles. The topological polar surface area (TPSA) is 84.1 Å². The van der Waals surface area contributed by atoms with Crippen LogP contribution in [0.1, 0.15) is 42.8 Å². The smallest absolute Gasteiger partial charge is 0.349 e. The number of carbonyl (C=O) groups excluding carboxylic acids is 2. The van der Waals surface area contributed by atoms with Gasteiger partial charge < -0.3 is 14.6 Å². The number of nitrogens with zero attached hydrogens (tertiary/aromatic N) is 2. The number of ether oxygens (including phenoxy) is 1. The lowest BCUT2D eigenvalue weighted by atomic mass is 10.1. The second-order valence-corrected chi connectivity index (χ2v) is 7.23.